The average molecular weight is 293 g/mol. The monoisotopic (exact) mass is 293 g/mol. The molecule has 0 radical (unpaired) electrons. The Labute approximate surface area is 123 Å². The maximum absolute atomic E-state index is 12.8. The van der Waals surface area contributed by atoms with Gasteiger partial charge < -0.3 is 20.1 Å². The molecular weight excluding hydrogens is 274 g/mol. The van der Waals surface area contributed by atoms with Crippen LogP contribution in [0.3, 0.4) is 0 Å². The minimum atomic E-state index is -1.10. The van der Waals surface area contributed by atoms with E-state index in [1.807, 2.05) is 0 Å². The Hall–Kier alpha value is -2.15. The number of primary amides is 1. The van der Waals surface area contributed by atoms with Crippen LogP contribution in [0.15, 0.2) is 18.3 Å². The first kappa shape index (κ1) is 15.2. The molecule has 0 bridgehead atoms. The molecule has 1 saturated heterocycles. The molecule has 2 rings (SSSR count). The fourth-order valence-corrected chi connectivity index (χ4v) is 2.75. The fraction of sp³-hybridized carbons (Fsp3) is 0.500. The Bertz CT molecular complexity index is 549. The number of amides is 2. The van der Waals surface area contributed by atoms with Gasteiger partial charge in [0.15, 0.2) is 0 Å². The molecule has 1 atom stereocenters. The number of rotatable bonds is 5. The van der Waals surface area contributed by atoms with Gasteiger partial charge in [0, 0.05) is 19.9 Å². The zero-order chi connectivity index (χ0) is 15.5. The van der Waals surface area contributed by atoms with Crippen LogP contribution in [0.25, 0.3) is 0 Å². The highest BCUT2D eigenvalue weighted by molar-refractivity contribution is 6.00. The van der Waals surface area contributed by atoms with Gasteiger partial charge in [-0.25, -0.2) is 4.98 Å². The van der Waals surface area contributed by atoms with Crippen molar-refractivity contribution in [3.05, 3.63) is 23.9 Å². The van der Waals surface area contributed by atoms with E-state index in [9.17, 15) is 9.59 Å². The molecule has 1 fully saturated rings. The molecule has 0 spiro atoms. The molecule has 21 heavy (non-hydrogen) atoms. The van der Waals surface area contributed by atoms with E-state index in [2.05, 4.69) is 4.98 Å². The molecule has 2 amide bonds. The molecule has 1 aliphatic rings. The number of pyridine rings is 1. The number of hydrogen-bond acceptors (Lipinski definition) is 5. The quantitative estimate of drug-likeness (QED) is 0.836. The average Bonchev–Trinajstić information content (AvgIpc) is 2.92. The van der Waals surface area contributed by atoms with Crippen molar-refractivity contribution in [2.45, 2.75) is 18.4 Å². The van der Waals surface area contributed by atoms with E-state index in [-0.39, 0.29) is 18.4 Å². The molecule has 2 heterocycles. The smallest absolute Gasteiger partial charge is 0.260 e. The lowest BCUT2D eigenvalue weighted by Crippen LogP contribution is -2.58. The highest BCUT2D eigenvalue weighted by atomic mass is 16.5. The second-order valence-corrected chi connectivity index (χ2v) is 4.95. The minimum Gasteiger partial charge on any atom is -0.480 e. The number of likely N-dealkylation sites (tertiary alicyclic amines) is 1. The van der Waals surface area contributed by atoms with Crippen molar-refractivity contribution < 1.29 is 19.1 Å². The predicted octanol–water partition coefficient (Wildman–Crippen LogP) is 0.197. The second-order valence-electron chi connectivity index (χ2n) is 4.95. The number of nitrogens with two attached hydrogens (primary N) is 1. The summed E-state index contributed by atoms with van der Waals surface area (Å²) in [6, 6.07) is 3.26. The molecule has 1 unspecified atom stereocenters. The van der Waals surface area contributed by atoms with Crippen LogP contribution in [0.2, 0.25) is 0 Å². The van der Waals surface area contributed by atoms with E-state index < -0.39 is 11.4 Å². The number of hydrogen-bond donors (Lipinski definition) is 1. The normalized spacial score (nSPS) is 21.3. The van der Waals surface area contributed by atoms with Crippen LogP contribution < -0.4 is 10.5 Å². The van der Waals surface area contributed by atoms with E-state index in [1.54, 1.807) is 12.1 Å². The maximum Gasteiger partial charge on any atom is 0.260 e. The van der Waals surface area contributed by atoms with E-state index in [0.717, 1.165) is 0 Å². The minimum absolute atomic E-state index is 0.0800. The molecule has 1 aromatic heterocycles. The summed E-state index contributed by atoms with van der Waals surface area (Å²) in [6.45, 7) is 0.528. The van der Waals surface area contributed by atoms with Crippen molar-refractivity contribution in [2.75, 3.05) is 27.4 Å². The van der Waals surface area contributed by atoms with Crippen LogP contribution in [0, 0.1) is 0 Å². The number of carbonyl (C=O) groups excluding carboxylic acids is 2. The molecule has 7 heteroatoms. The molecule has 114 valence electrons. The van der Waals surface area contributed by atoms with Gasteiger partial charge in [0.25, 0.3) is 5.91 Å². The summed E-state index contributed by atoms with van der Waals surface area (Å²) in [5.41, 5.74) is 4.74. The van der Waals surface area contributed by atoms with Gasteiger partial charge in [-0.1, -0.05) is 0 Å². The van der Waals surface area contributed by atoms with Crippen molar-refractivity contribution >= 4 is 11.8 Å². The summed E-state index contributed by atoms with van der Waals surface area (Å²) in [4.78, 5) is 30.2. The molecule has 2 N–H and O–H groups in total. The Morgan fingerprint density at radius 2 is 2.24 bits per heavy atom. The van der Waals surface area contributed by atoms with Crippen LogP contribution >= 0.6 is 0 Å². The summed E-state index contributed by atoms with van der Waals surface area (Å²) in [5, 5.41) is 0. The number of ether oxygens (including phenoxy) is 2. The van der Waals surface area contributed by atoms with E-state index >= 15 is 0 Å². The van der Waals surface area contributed by atoms with Crippen molar-refractivity contribution in [3.63, 3.8) is 0 Å². The number of methoxy groups -OCH3 is 2. The lowest BCUT2D eigenvalue weighted by atomic mass is 9.95. The lowest BCUT2D eigenvalue weighted by molar-refractivity contribution is -0.130. The predicted molar refractivity (Wildman–Crippen MR) is 74.9 cm³/mol. The van der Waals surface area contributed by atoms with E-state index in [4.69, 9.17) is 15.2 Å². The second kappa shape index (κ2) is 6.09. The first-order chi connectivity index (χ1) is 10.1. The van der Waals surface area contributed by atoms with Gasteiger partial charge in [-0.2, -0.15) is 0 Å². The van der Waals surface area contributed by atoms with Gasteiger partial charge in [0.05, 0.1) is 13.7 Å². The Kier molecular flexibility index (Phi) is 4.42. The van der Waals surface area contributed by atoms with Crippen molar-refractivity contribution in [1.29, 1.82) is 0 Å². The van der Waals surface area contributed by atoms with Crippen molar-refractivity contribution in [3.8, 4) is 5.88 Å². The molecule has 7 nitrogen and oxygen atoms in total. The van der Waals surface area contributed by atoms with Crippen molar-refractivity contribution in [1.82, 2.24) is 9.88 Å². The van der Waals surface area contributed by atoms with Crippen LogP contribution in [0.5, 0.6) is 5.88 Å². The summed E-state index contributed by atoms with van der Waals surface area (Å²) in [5.74, 6) is -0.656. The van der Waals surface area contributed by atoms with E-state index in [0.29, 0.717) is 24.9 Å². The highest BCUT2D eigenvalue weighted by Gasteiger charge is 2.49. The number of aromatic nitrogens is 1. The first-order valence-corrected chi connectivity index (χ1v) is 6.66. The highest BCUT2D eigenvalue weighted by Crippen LogP contribution is 2.32. The van der Waals surface area contributed by atoms with Gasteiger partial charge in [-0.05, 0) is 25.0 Å². The van der Waals surface area contributed by atoms with Gasteiger partial charge in [-0.15, -0.1) is 0 Å². The van der Waals surface area contributed by atoms with Gasteiger partial charge in [0.1, 0.15) is 11.1 Å². The van der Waals surface area contributed by atoms with Crippen LogP contribution in [0.4, 0.5) is 0 Å². The summed E-state index contributed by atoms with van der Waals surface area (Å²) >= 11 is 0. The Morgan fingerprint density at radius 1 is 1.48 bits per heavy atom. The van der Waals surface area contributed by atoms with Gasteiger partial charge in [-0.3, -0.25) is 9.59 Å². The van der Waals surface area contributed by atoms with Crippen LogP contribution in [-0.2, 0) is 9.53 Å². The first-order valence-electron chi connectivity index (χ1n) is 6.66. The zero-order valence-electron chi connectivity index (χ0n) is 12.2. The SMILES string of the molecule is COCC1(C(N)=O)CCCN1C(=O)c1cccnc1OC. The third-order valence-corrected chi connectivity index (χ3v) is 3.77. The zero-order valence-corrected chi connectivity index (χ0v) is 12.2. The molecule has 0 aromatic carbocycles. The maximum atomic E-state index is 12.8. The summed E-state index contributed by atoms with van der Waals surface area (Å²) in [6.07, 6.45) is 2.72. The van der Waals surface area contributed by atoms with Gasteiger partial charge in [0.2, 0.25) is 11.8 Å². The molecule has 1 aromatic rings. The topological polar surface area (TPSA) is 94.8 Å². The van der Waals surface area contributed by atoms with Gasteiger partial charge >= 0.3 is 0 Å². The largest absolute Gasteiger partial charge is 0.480 e. The Morgan fingerprint density at radius 3 is 2.86 bits per heavy atom. The van der Waals surface area contributed by atoms with Crippen LogP contribution in [-0.4, -0.2) is 54.6 Å². The molecule has 0 aliphatic carbocycles. The molecule has 0 saturated carbocycles. The third kappa shape index (κ3) is 2.56. The standard InChI is InChI=1S/C14H19N3O4/c1-20-9-14(13(15)19)6-4-8-17(14)12(18)10-5-3-7-16-11(10)21-2/h3,5,7H,4,6,8-9H2,1-2H3,(H2,15,19). The van der Waals surface area contributed by atoms with Crippen LogP contribution in [0.1, 0.15) is 23.2 Å². The Balaban J connectivity index is 2.39. The lowest BCUT2D eigenvalue weighted by Gasteiger charge is -2.35. The number of nitrogens with zero attached hydrogens (tertiary/aromatic N) is 2. The number of carbonyl (C=O) groups is 2. The third-order valence-electron chi connectivity index (χ3n) is 3.77. The van der Waals surface area contributed by atoms with E-state index in [1.165, 1.54) is 25.3 Å². The summed E-state index contributed by atoms with van der Waals surface area (Å²) in [7, 11) is 2.93. The summed E-state index contributed by atoms with van der Waals surface area (Å²) < 4.78 is 10.2. The van der Waals surface area contributed by atoms with Crippen molar-refractivity contribution in [2.24, 2.45) is 5.73 Å². The fourth-order valence-electron chi connectivity index (χ4n) is 2.75. The molecular formula is C14H19N3O4. The molecule has 1 aliphatic heterocycles.